The molecule has 0 saturated heterocycles. The molecule has 15 heavy (non-hydrogen) atoms. The summed E-state index contributed by atoms with van der Waals surface area (Å²) in [5.74, 6) is 3.08. The quantitative estimate of drug-likeness (QED) is 0.744. The molecule has 2 heteroatoms. The van der Waals surface area contributed by atoms with Crippen LogP contribution in [0.5, 0.6) is 0 Å². The SMILES string of the molecule is CC(C)C(CNC(=O)C1CC1C)C(C)C. The largest absolute Gasteiger partial charge is 0.356 e. The van der Waals surface area contributed by atoms with Gasteiger partial charge >= 0.3 is 0 Å². The van der Waals surface area contributed by atoms with Crippen LogP contribution in [0, 0.1) is 29.6 Å². The van der Waals surface area contributed by atoms with Gasteiger partial charge in [-0.2, -0.15) is 0 Å². The highest BCUT2D eigenvalue weighted by molar-refractivity contribution is 5.81. The van der Waals surface area contributed by atoms with Crippen LogP contribution in [-0.4, -0.2) is 12.5 Å². The molecule has 0 aromatic heterocycles. The molecular formula is C13H25NO. The fourth-order valence-corrected chi connectivity index (χ4v) is 2.28. The zero-order valence-electron chi connectivity index (χ0n) is 10.7. The summed E-state index contributed by atoms with van der Waals surface area (Å²) in [6.07, 6.45) is 1.08. The Morgan fingerprint density at radius 1 is 1.27 bits per heavy atom. The molecule has 1 rings (SSSR count). The maximum absolute atomic E-state index is 11.7. The van der Waals surface area contributed by atoms with Crippen molar-refractivity contribution in [3.63, 3.8) is 0 Å². The predicted octanol–water partition coefficient (Wildman–Crippen LogP) is 2.69. The minimum Gasteiger partial charge on any atom is -0.356 e. The summed E-state index contributed by atoms with van der Waals surface area (Å²) in [4.78, 5) is 11.7. The van der Waals surface area contributed by atoms with Crippen molar-refractivity contribution in [1.29, 1.82) is 0 Å². The van der Waals surface area contributed by atoms with Crippen molar-refractivity contribution >= 4 is 5.91 Å². The van der Waals surface area contributed by atoms with Crippen LogP contribution in [0.3, 0.4) is 0 Å². The standard InChI is InChI=1S/C13H25NO/c1-8(2)12(9(3)4)7-14-13(15)11-6-10(11)5/h8-12H,6-7H2,1-5H3,(H,14,15). The van der Waals surface area contributed by atoms with E-state index in [2.05, 4.69) is 39.9 Å². The zero-order valence-corrected chi connectivity index (χ0v) is 10.7. The van der Waals surface area contributed by atoms with Gasteiger partial charge in [-0.3, -0.25) is 4.79 Å². The van der Waals surface area contributed by atoms with Crippen LogP contribution in [0.25, 0.3) is 0 Å². The van der Waals surface area contributed by atoms with Crippen LogP contribution in [0.1, 0.15) is 41.0 Å². The molecular weight excluding hydrogens is 186 g/mol. The van der Waals surface area contributed by atoms with Gasteiger partial charge in [-0.15, -0.1) is 0 Å². The number of amides is 1. The summed E-state index contributed by atoms with van der Waals surface area (Å²) < 4.78 is 0. The highest BCUT2D eigenvalue weighted by Crippen LogP contribution is 2.37. The molecule has 1 saturated carbocycles. The van der Waals surface area contributed by atoms with E-state index in [1.54, 1.807) is 0 Å². The van der Waals surface area contributed by atoms with E-state index >= 15 is 0 Å². The Labute approximate surface area is 93.8 Å². The lowest BCUT2D eigenvalue weighted by Crippen LogP contribution is -2.34. The maximum Gasteiger partial charge on any atom is 0.223 e. The van der Waals surface area contributed by atoms with Gasteiger partial charge in [-0.1, -0.05) is 34.6 Å². The van der Waals surface area contributed by atoms with Gasteiger partial charge in [0.15, 0.2) is 0 Å². The summed E-state index contributed by atoms with van der Waals surface area (Å²) in [6.45, 7) is 11.9. The number of hydrogen-bond donors (Lipinski definition) is 1. The molecule has 1 aliphatic rings. The summed E-state index contributed by atoms with van der Waals surface area (Å²) in [5, 5.41) is 3.10. The average molecular weight is 211 g/mol. The highest BCUT2D eigenvalue weighted by Gasteiger charge is 2.39. The van der Waals surface area contributed by atoms with E-state index in [0.717, 1.165) is 13.0 Å². The Morgan fingerprint density at radius 3 is 2.07 bits per heavy atom. The number of hydrogen-bond acceptors (Lipinski definition) is 1. The van der Waals surface area contributed by atoms with Crippen LogP contribution in [0.15, 0.2) is 0 Å². The van der Waals surface area contributed by atoms with Crippen molar-refractivity contribution in [2.75, 3.05) is 6.54 Å². The summed E-state index contributed by atoms with van der Waals surface area (Å²) in [5.41, 5.74) is 0. The van der Waals surface area contributed by atoms with E-state index in [4.69, 9.17) is 0 Å². The Bertz CT molecular complexity index is 215. The summed E-state index contributed by atoms with van der Waals surface area (Å²) in [7, 11) is 0. The molecule has 1 aliphatic carbocycles. The lowest BCUT2D eigenvalue weighted by atomic mass is 9.85. The molecule has 1 fully saturated rings. The van der Waals surface area contributed by atoms with E-state index < -0.39 is 0 Å². The second-order valence-electron chi connectivity index (χ2n) is 5.72. The second-order valence-corrected chi connectivity index (χ2v) is 5.72. The van der Waals surface area contributed by atoms with Crippen LogP contribution >= 0.6 is 0 Å². The van der Waals surface area contributed by atoms with E-state index in [9.17, 15) is 4.79 Å². The van der Waals surface area contributed by atoms with E-state index in [-0.39, 0.29) is 5.91 Å². The highest BCUT2D eigenvalue weighted by atomic mass is 16.2. The first-order chi connectivity index (χ1) is 6.93. The zero-order chi connectivity index (χ0) is 11.6. The molecule has 2 unspecified atom stereocenters. The van der Waals surface area contributed by atoms with Gasteiger partial charge in [0.25, 0.3) is 0 Å². The van der Waals surface area contributed by atoms with Gasteiger partial charge in [0.1, 0.15) is 0 Å². The number of carbonyl (C=O) groups excluding carboxylic acids is 1. The van der Waals surface area contributed by atoms with Gasteiger partial charge in [0.05, 0.1) is 0 Å². The van der Waals surface area contributed by atoms with Crippen molar-refractivity contribution < 1.29 is 4.79 Å². The first-order valence-electron chi connectivity index (χ1n) is 6.21. The van der Waals surface area contributed by atoms with Gasteiger partial charge in [-0.05, 0) is 30.1 Å². The first-order valence-corrected chi connectivity index (χ1v) is 6.21. The van der Waals surface area contributed by atoms with Gasteiger partial charge in [0, 0.05) is 12.5 Å². The molecule has 0 radical (unpaired) electrons. The Hall–Kier alpha value is -0.530. The Kier molecular flexibility index (Phi) is 4.18. The third kappa shape index (κ3) is 3.51. The fraction of sp³-hybridized carbons (Fsp3) is 0.923. The van der Waals surface area contributed by atoms with Gasteiger partial charge in [0.2, 0.25) is 5.91 Å². The Morgan fingerprint density at radius 2 is 1.73 bits per heavy atom. The molecule has 0 aromatic carbocycles. The molecule has 2 atom stereocenters. The van der Waals surface area contributed by atoms with Crippen molar-refractivity contribution in [2.24, 2.45) is 29.6 Å². The molecule has 0 aliphatic heterocycles. The number of carbonyl (C=O) groups is 1. The van der Waals surface area contributed by atoms with Crippen LogP contribution in [-0.2, 0) is 4.79 Å². The van der Waals surface area contributed by atoms with Crippen LogP contribution in [0.4, 0.5) is 0 Å². The minimum absolute atomic E-state index is 0.272. The molecule has 0 aromatic rings. The maximum atomic E-state index is 11.7. The van der Waals surface area contributed by atoms with Crippen molar-refractivity contribution in [3.8, 4) is 0 Å². The summed E-state index contributed by atoms with van der Waals surface area (Å²) in [6, 6.07) is 0. The minimum atomic E-state index is 0.272. The van der Waals surface area contributed by atoms with E-state index in [1.807, 2.05) is 0 Å². The molecule has 2 nitrogen and oxygen atoms in total. The van der Waals surface area contributed by atoms with Crippen molar-refractivity contribution in [1.82, 2.24) is 5.32 Å². The summed E-state index contributed by atoms with van der Waals surface area (Å²) >= 11 is 0. The van der Waals surface area contributed by atoms with Gasteiger partial charge < -0.3 is 5.32 Å². The lowest BCUT2D eigenvalue weighted by molar-refractivity contribution is -0.122. The van der Waals surface area contributed by atoms with Crippen molar-refractivity contribution in [2.45, 2.75) is 41.0 Å². The third-order valence-corrected chi connectivity index (χ3v) is 3.67. The number of rotatable bonds is 5. The molecule has 0 bridgehead atoms. The monoisotopic (exact) mass is 211 g/mol. The fourth-order valence-electron chi connectivity index (χ4n) is 2.28. The Balaban J connectivity index is 2.30. The van der Waals surface area contributed by atoms with Crippen LogP contribution < -0.4 is 5.32 Å². The normalized spacial score (nSPS) is 25.1. The van der Waals surface area contributed by atoms with Gasteiger partial charge in [-0.25, -0.2) is 0 Å². The molecule has 1 N–H and O–H groups in total. The number of nitrogens with one attached hydrogen (secondary N) is 1. The predicted molar refractivity (Wildman–Crippen MR) is 63.4 cm³/mol. The average Bonchev–Trinajstić information content (AvgIpc) is 2.81. The first kappa shape index (κ1) is 12.5. The lowest BCUT2D eigenvalue weighted by Gasteiger charge is -2.25. The smallest absolute Gasteiger partial charge is 0.223 e. The third-order valence-electron chi connectivity index (χ3n) is 3.67. The van der Waals surface area contributed by atoms with Crippen molar-refractivity contribution in [3.05, 3.63) is 0 Å². The van der Waals surface area contributed by atoms with E-state index in [0.29, 0.717) is 29.6 Å². The second kappa shape index (κ2) is 5.00. The van der Waals surface area contributed by atoms with E-state index in [1.165, 1.54) is 0 Å². The molecule has 1 amide bonds. The molecule has 0 heterocycles. The molecule has 0 spiro atoms. The molecule has 88 valence electrons. The topological polar surface area (TPSA) is 29.1 Å². The van der Waals surface area contributed by atoms with Crippen LogP contribution in [0.2, 0.25) is 0 Å².